The van der Waals surface area contributed by atoms with Crippen LogP contribution < -0.4 is 4.74 Å². The quantitative estimate of drug-likeness (QED) is 0.686. The Kier molecular flexibility index (Phi) is 3.99. The highest BCUT2D eigenvalue weighted by molar-refractivity contribution is 6.32. The van der Waals surface area contributed by atoms with Gasteiger partial charge in [-0.1, -0.05) is 11.6 Å². The molecule has 0 atom stereocenters. The van der Waals surface area contributed by atoms with Gasteiger partial charge >= 0.3 is 5.97 Å². The lowest BCUT2D eigenvalue weighted by Gasteiger charge is -2.07. The second kappa shape index (κ2) is 5.71. The number of benzene rings is 1. The van der Waals surface area contributed by atoms with Crippen LogP contribution in [0.2, 0.25) is 5.02 Å². The largest absolute Gasteiger partial charge is 0.477 e. The third kappa shape index (κ3) is 3.23. The molecule has 0 saturated carbocycles. The number of aromatic nitrogens is 1. The monoisotopic (exact) mass is 312 g/mol. The zero-order chi connectivity index (χ0) is 15.6. The second-order valence-corrected chi connectivity index (χ2v) is 4.19. The predicted molar refractivity (Wildman–Crippen MR) is 69.3 cm³/mol. The van der Waals surface area contributed by atoms with E-state index in [0.717, 1.165) is 24.4 Å². The summed E-state index contributed by atoms with van der Waals surface area (Å²) in [6, 6.07) is 4.20. The molecule has 0 spiro atoms. The molecular weight excluding hydrogens is 307 g/mol. The molecule has 1 N–H and O–H groups in total. The van der Waals surface area contributed by atoms with Crippen LogP contribution in [0, 0.1) is 15.9 Å². The normalized spacial score (nSPS) is 10.2. The summed E-state index contributed by atoms with van der Waals surface area (Å²) in [5.41, 5.74) is -0.806. The Morgan fingerprint density at radius 3 is 2.71 bits per heavy atom. The molecule has 2 aromatic rings. The summed E-state index contributed by atoms with van der Waals surface area (Å²) in [5.74, 6) is -2.58. The van der Waals surface area contributed by atoms with Crippen LogP contribution in [0.25, 0.3) is 0 Å². The first-order valence-corrected chi connectivity index (χ1v) is 5.77. The maximum Gasteiger partial charge on any atom is 0.341 e. The third-order valence-electron chi connectivity index (χ3n) is 2.38. The van der Waals surface area contributed by atoms with E-state index < -0.39 is 22.3 Å². The number of carboxylic acids is 1. The highest BCUT2D eigenvalue weighted by Crippen LogP contribution is 2.31. The summed E-state index contributed by atoms with van der Waals surface area (Å²) < 4.78 is 18.2. The topological polar surface area (TPSA) is 103 Å². The SMILES string of the molecule is O=C(O)c1cc(F)cnc1Oc1ccc([N+](=O)[O-])c(Cl)c1. The molecule has 9 heteroatoms. The van der Waals surface area contributed by atoms with Crippen molar-refractivity contribution < 1.29 is 24.0 Å². The molecule has 1 aromatic carbocycles. The molecule has 0 aliphatic rings. The van der Waals surface area contributed by atoms with Crippen molar-refractivity contribution >= 4 is 23.3 Å². The van der Waals surface area contributed by atoms with E-state index in [-0.39, 0.29) is 22.3 Å². The summed E-state index contributed by atoms with van der Waals surface area (Å²) in [6.45, 7) is 0. The van der Waals surface area contributed by atoms with E-state index in [1.807, 2.05) is 0 Å². The molecule has 0 aliphatic heterocycles. The summed E-state index contributed by atoms with van der Waals surface area (Å²) >= 11 is 5.70. The van der Waals surface area contributed by atoms with E-state index in [1.165, 1.54) is 6.07 Å². The first-order chi connectivity index (χ1) is 9.88. The lowest BCUT2D eigenvalue weighted by molar-refractivity contribution is -0.384. The van der Waals surface area contributed by atoms with E-state index in [9.17, 15) is 19.3 Å². The number of nitro benzene ring substituents is 1. The number of pyridine rings is 1. The third-order valence-corrected chi connectivity index (χ3v) is 2.68. The summed E-state index contributed by atoms with van der Waals surface area (Å²) in [5, 5.41) is 19.4. The predicted octanol–water partition coefficient (Wildman–Crippen LogP) is 3.27. The fourth-order valence-electron chi connectivity index (χ4n) is 1.47. The molecule has 21 heavy (non-hydrogen) atoms. The molecular formula is C12H6ClFN2O5. The number of ether oxygens (including phenoxy) is 1. The summed E-state index contributed by atoms with van der Waals surface area (Å²) in [7, 11) is 0. The Balaban J connectivity index is 2.37. The van der Waals surface area contributed by atoms with Gasteiger partial charge < -0.3 is 9.84 Å². The van der Waals surface area contributed by atoms with Crippen LogP contribution in [0.5, 0.6) is 11.6 Å². The Bertz CT molecular complexity index is 738. The van der Waals surface area contributed by atoms with Gasteiger partial charge in [0.05, 0.1) is 11.1 Å². The van der Waals surface area contributed by atoms with Gasteiger partial charge in [0, 0.05) is 12.1 Å². The van der Waals surface area contributed by atoms with Crippen molar-refractivity contribution in [1.82, 2.24) is 4.98 Å². The van der Waals surface area contributed by atoms with Crippen LogP contribution in [-0.4, -0.2) is 21.0 Å². The lowest BCUT2D eigenvalue weighted by atomic mass is 10.2. The first kappa shape index (κ1) is 14.7. The minimum Gasteiger partial charge on any atom is -0.477 e. The smallest absolute Gasteiger partial charge is 0.341 e. The van der Waals surface area contributed by atoms with Gasteiger partial charge in [0.25, 0.3) is 5.69 Å². The van der Waals surface area contributed by atoms with Crippen LogP contribution in [0.4, 0.5) is 10.1 Å². The average Bonchev–Trinajstić information content (AvgIpc) is 2.40. The van der Waals surface area contributed by atoms with E-state index >= 15 is 0 Å². The zero-order valence-corrected chi connectivity index (χ0v) is 10.9. The number of nitrogens with zero attached hydrogens (tertiary/aromatic N) is 2. The number of hydrogen-bond donors (Lipinski definition) is 1. The van der Waals surface area contributed by atoms with Gasteiger partial charge in [-0.2, -0.15) is 0 Å². The van der Waals surface area contributed by atoms with Crippen molar-refractivity contribution in [2.24, 2.45) is 0 Å². The number of aromatic carboxylic acids is 1. The average molecular weight is 313 g/mol. The van der Waals surface area contributed by atoms with E-state index in [1.54, 1.807) is 0 Å². The van der Waals surface area contributed by atoms with E-state index in [4.69, 9.17) is 21.4 Å². The van der Waals surface area contributed by atoms with Crippen LogP contribution in [0.1, 0.15) is 10.4 Å². The maximum atomic E-state index is 13.0. The maximum absolute atomic E-state index is 13.0. The minimum atomic E-state index is -1.43. The van der Waals surface area contributed by atoms with Crippen LogP contribution >= 0.6 is 11.6 Å². The number of carboxylic acid groups (broad SMARTS) is 1. The van der Waals surface area contributed by atoms with Gasteiger partial charge in [-0.15, -0.1) is 0 Å². The Morgan fingerprint density at radius 1 is 1.43 bits per heavy atom. The van der Waals surface area contributed by atoms with Gasteiger partial charge in [0.1, 0.15) is 22.2 Å². The van der Waals surface area contributed by atoms with Crippen molar-refractivity contribution in [3.8, 4) is 11.6 Å². The summed E-state index contributed by atoms with van der Waals surface area (Å²) in [4.78, 5) is 24.4. The molecule has 0 bridgehead atoms. The first-order valence-electron chi connectivity index (χ1n) is 5.39. The molecule has 0 radical (unpaired) electrons. The van der Waals surface area contributed by atoms with Crippen LogP contribution in [0.15, 0.2) is 30.5 Å². The van der Waals surface area contributed by atoms with Gasteiger partial charge in [-0.05, 0) is 12.1 Å². The second-order valence-electron chi connectivity index (χ2n) is 3.78. The lowest BCUT2D eigenvalue weighted by Crippen LogP contribution is -2.03. The molecule has 0 saturated heterocycles. The van der Waals surface area contributed by atoms with E-state index in [2.05, 4.69) is 4.98 Å². The molecule has 1 aromatic heterocycles. The highest BCUT2D eigenvalue weighted by atomic mass is 35.5. The number of carbonyl (C=O) groups is 1. The Morgan fingerprint density at radius 2 is 2.14 bits per heavy atom. The zero-order valence-electron chi connectivity index (χ0n) is 10.1. The van der Waals surface area contributed by atoms with Crippen molar-refractivity contribution in [3.05, 3.63) is 57.0 Å². The van der Waals surface area contributed by atoms with Crippen LogP contribution in [-0.2, 0) is 0 Å². The van der Waals surface area contributed by atoms with Gasteiger partial charge in [-0.3, -0.25) is 10.1 Å². The number of rotatable bonds is 4. The standard InChI is InChI=1S/C12H6ClFN2O5/c13-9-4-7(1-2-10(9)16(19)20)21-11-8(12(17)18)3-6(14)5-15-11/h1-5H,(H,17,18). The van der Waals surface area contributed by atoms with Crippen LogP contribution in [0.3, 0.4) is 0 Å². The number of halogens is 2. The fourth-order valence-corrected chi connectivity index (χ4v) is 1.71. The van der Waals surface area contributed by atoms with Crippen molar-refractivity contribution in [2.45, 2.75) is 0 Å². The molecule has 108 valence electrons. The molecule has 0 amide bonds. The van der Waals surface area contributed by atoms with E-state index in [0.29, 0.717) is 0 Å². The van der Waals surface area contributed by atoms with Gasteiger partial charge in [0.15, 0.2) is 0 Å². The molecule has 0 aliphatic carbocycles. The van der Waals surface area contributed by atoms with Crippen molar-refractivity contribution in [3.63, 3.8) is 0 Å². The fraction of sp³-hybridized carbons (Fsp3) is 0. The van der Waals surface area contributed by atoms with Gasteiger partial charge in [-0.25, -0.2) is 14.2 Å². The molecule has 0 unspecified atom stereocenters. The van der Waals surface area contributed by atoms with Gasteiger partial charge in [0.2, 0.25) is 5.88 Å². The Hall–Kier alpha value is -2.74. The number of nitro groups is 1. The van der Waals surface area contributed by atoms with Crippen molar-refractivity contribution in [1.29, 1.82) is 0 Å². The molecule has 1 heterocycles. The number of hydrogen-bond acceptors (Lipinski definition) is 5. The van der Waals surface area contributed by atoms with Crippen molar-refractivity contribution in [2.75, 3.05) is 0 Å². The highest BCUT2D eigenvalue weighted by Gasteiger charge is 2.17. The molecule has 2 rings (SSSR count). The summed E-state index contributed by atoms with van der Waals surface area (Å²) in [6.07, 6.45) is 0.786. The molecule has 0 fully saturated rings. The molecule has 7 nitrogen and oxygen atoms in total. The Labute approximate surface area is 121 Å². The minimum absolute atomic E-state index is 0.0345.